The van der Waals surface area contributed by atoms with Gasteiger partial charge in [0.15, 0.2) is 0 Å². The third kappa shape index (κ3) is 60.1. The number of unbranched alkanes of at least 4 members (excludes halogenated alkanes) is 35. The summed E-state index contributed by atoms with van der Waals surface area (Å²) in [6, 6.07) is -0.878. The van der Waals surface area contributed by atoms with Crippen molar-refractivity contribution in [3.05, 3.63) is 72.9 Å². The highest BCUT2D eigenvalue weighted by Gasteiger charge is 2.30. The van der Waals surface area contributed by atoms with E-state index in [0.29, 0.717) is 17.4 Å². The van der Waals surface area contributed by atoms with Crippen LogP contribution in [0.4, 0.5) is 0 Å². The number of carbonyl (C=O) groups excluding carboxylic acids is 2. The van der Waals surface area contributed by atoms with Gasteiger partial charge < -0.3 is 19.4 Å². The fraction of sp³-hybridized carbons (Fsp3) is 0.800. The zero-order valence-corrected chi connectivity index (χ0v) is 54.2. The van der Waals surface area contributed by atoms with E-state index in [-0.39, 0.29) is 37.9 Å². The number of phosphoric ester groups is 1. The normalized spacial score (nSPS) is 14.0. The van der Waals surface area contributed by atoms with E-state index >= 15 is 0 Å². The third-order valence-corrected chi connectivity index (χ3v) is 15.9. The smallest absolute Gasteiger partial charge is 0.456 e. The molecule has 0 saturated heterocycles. The average molecular weight is 1140 g/mol. The van der Waals surface area contributed by atoms with Crippen LogP contribution >= 0.6 is 7.82 Å². The van der Waals surface area contributed by atoms with Gasteiger partial charge in [0.25, 0.3) is 0 Å². The Morgan fingerprint density at radius 1 is 0.438 bits per heavy atom. The van der Waals surface area contributed by atoms with Crippen molar-refractivity contribution in [2.45, 2.75) is 322 Å². The van der Waals surface area contributed by atoms with Crippen LogP contribution in [0.3, 0.4) is 0 Å². The SMILES string of the molecule is CCCCC/C=C\C/C=C\C/C=C\C/C=C\CCCC(=O)NC(COP(=O)(O)OCC[N+](C)(C)C)C(/C=C\CCCCCCCCCCCC)OC(=O)CCCCCCCCCCCCCCCCC/C=C/CCCCCCCC. The Balaban J connectivity index is 5.15. The van der Waals surface area contributed by atoms with Crippen molar-refractivity contribution in [3.63, 3.8) is 0 Å². The Morgan fingerprint density at radius 3 is 1.20 bits per heavy atom. The van der Waals surface area contributed by atoms with Gasteiger partial charge in [-0.2, -0.15) is 0 Å². The first-order chi connectivity index (χ1) is 38.9. The maximum absolute atomic E-state index is 13.5. The molecule has 0 aromatic rings. The number of allylic oxidation sites excluding steroid dienone is 11. The molecule has 0 aliphatic carbocycles. The Bertz CT molecular complexity index is 1600. The number of nitrogens with one attached hydrogen (secondary N) is 1. The van der Waals surface area contributed by atoms with Gasteiger partial charge in [-0.1, -0.05) is 274 Å². The molecule has 9 nitrogen and oxygen atoms in total. The summed E-state index contributed by atoms with van der Waals surface area (Å²) in [5.41, 5.74) is 0. The molecule has 0 fully saturated rings. The number of rotatable bonds is 61. The summed E-state index contributed by atoms with van der Waals surface area (Å²) in [7, 11) is 1.46. The number of esters is 1. The molecule has 0 bridgehead atoms. The van der Waals surface area contributed by atoms with Crippen molar-refractivity contribution in [1.29, 1.82) is 0 Å². The van der Waals surface area contributed by atoms with Gasteiger partial charge >= 0.3 is 13.8 Å². The number of carbonyl (C=O) groups is 2. The van der Waals surface area contributed by atoms with Gasteiger partial charge in [0.05, 0.1) is 33.8 Å². The zero-order chi connectivity index (χ0) is 58.6. The van der Waals surface area contributed by atoms with Crippen molar-refractivity contribution < 1.29 is 37.3 Å². The fourth-order valence-corrected chi connectivity index (χ4v) is 10.4. The summed E-state index contributed by atoms with van der Waals surface area (Å²) in [4.78, 5) is 37.8. The van der Waals surface area contributed by atoms with E-state index in [1.807, 2.05) is 33.3 Å². The van der Waals surface area contributed by atoms with Crippen molar-refractivity contribution in [2.24, 2.45) is 0 Å². The summed E-state index contributed by atoms with van der Waals surface area (Å²) in [5.74, 6) is -0.563. The lowest BCUT2D eigenvalue weighted by atomic mass is 10.0. The first kappa shape index (κ1) is 77.5. The van der Waals surface area contributed by atoms with Crippen molar-refractivity contribution in [1.82, 2.24) is 5.32 Å². The van der Waals surface area contributed by atoms with E-state index in [0.717, 1.165) is 64.2 Å². The molecular formula is C70H130N2O7P+. The Kier molecular flexibility index (Phi) is 57.7. The number of phosphoric acid groups is 1. The van der Waals surface area contributed by atoms with Crippen LogP contribution in [0.2, 0.25) is 0 Å². The van der Waals surface area contributed by atoms with Gasteiger partial charge in [-0.05, 0) is 96.0 Å². The van der Waals surface area contributed by atoms with E-state index in [1.165, 1.54) is 205 Å². The minimum absolute atomic E-state index is 0.0290. The first-order valence-corrected chi connectivity index (χ1v) is 35.3. The summed E-state index contributed by atoms with van der Waals surface area (Å²) >= 11 is 0. The Hall–Kier alpha value is -2.55. The second-order valence-corrected chi connectivity index (χ2v) is 25.4. The van der Waals surface area contributed by atoms with Crippen LogP contribution in [-0.2, 0) is 27.9 Å². The highest BCUT2D eigenvalue weighted by molar-refractivity contribution is 7.47. The molecule has 3 atom stereocenters. The Labute approximate surface area is 495 Å². The average Bonchev–Trinajstić information content (AvgIpc) is 3.42. The molecule has 10 heteroatoms. The van der Waals surface area contributed by atoms with E-state index in [4.69, 9.17) is 13.8 Å². The molecule has 0 spiro atoms. The maximum Gasteiger partial charge on any atom is 0.472 e. The van der Waals surface area contributed by atoms with Crippen LogP contribution in [0.5, 0.6) is 0 Å². The van der Waals surface area contributed by atoms with E-state index < -0.39 is 20.0 Å². The quantitative estimate of drug-likeness (QED) is 0.0205. The molecule has 0 heterocycles. The summed E-state index contributed by atoms with van der Waals surface area (Å²) < 4.78 is 30.7. The molecule has 0 rings (SSSR count). The largest absolute Gasteiger partial charge is 0.472 e. The zero-order valence-electron chi connectivity index (χ0n) is 53.3. The minimum Gasteiger partial charge on any atom is -0.456 e. The molecule has 0 aliphatic heterocycles. The van der Waals surface area contributed by atoms with E-state index in [2.05, 4.69) is 86.8 Å². The molecule has 0 saturated carbocycles. The highest BCUT2D eigenvalue weighted by Crippen LogP contribution is 2.43. The molecule has 0 aliphatic rings. The monoisotopic (exact) mass is 1140 g/mol. The number of nitrogens with zero attached hydrogens (tertiary/aromatic N) is 1. The second-order valence-electron chi connectivity index (χ2n) is 24.0. The van der Waals surface area contributed by atoms with Crippen molar-refractivity contribution >= 4 is 19.7 Å². The minimum atomic E-state index is -4.47. The maximum atomic E-state index is 13.5. The third-order valence-electron chi connectivity index (χ3n) is 14.9. The van der Waals surface area contributed by atoms with Gasteiger partial charge in [-0.3, -0.25) is 18.6 Å². The number of quaternary nitrogens is 1. The number of hydrogen-bond acceptors (Lipinski definition) is 6. The van der Waals surface area contributed by atoms with E-state index in [9.17, 15) is 19.0 Å². The molecule has 0 aromatic heterocycles. The van der Waals surface area contributed by atoms with Gasteiger partial charge in [0.2, 0.25) is 5.91 Å². The second kappa shape index (κ2) is 59.6. The van der Waals surface area contributed by atoms with Crippen molar-refractivity contribution in [2.75, 3.05) is 40.9 Å². The molecule has 0 radical (unpaired) electrons. The van der Waals surface area contributed by atoms with Gasteiger partial charge in [0, 0.05) is 12.8 Å². The van der Waals surface area contributed by atoms with Gasteiger partial charge in [-0.15, -0.1) is 0 Å². The topological polar surface area (TPSA) is 111 Å². The lowest BCUT2D eigenvalue weighted by Crippen LogP contribution is -2.47. The molecule has 0 aromatic carbocycles. The van der Waals surface area contributed by atoms with Crippen LogP contribution < -0.4 is 5.32 Å². The number of likely N-dealkylation sites (N-methyl/N-ethyl adjacent to an activating group) is 1. The lowest BCUT2D eigenvalue weighted by Gasteiger charge is -2.27. The standard InChI is InChI=1S/C70H129N2O7P/c1-7-10-13-16-19-22-25-28-30-32-33-34-35-36-37-38-39-41-43-45-48-51-54-57-60-63-70(74)79-68(61-58-55-52-49-46-27-24-21-18-15-12-9-3)67(66-78-80(75,76)77-65-64-72(4,5)6)71-69(73)62-59-56-53-50-47-44-42-40-31-29-26-23-20-17-14-11-8-2/h20,23,28-31,42,44,50,53,58,61,67-68H,7-19,21-22,24-27,32-41,43,45-49,51-52,54-57,59-60,62-66H2,1-6H3,(H-,71,73,75,76)/p+1/b23-20-,30-28+,31-29-,44-42-,53-50-,61-58-. The summed E-state index contributed by atoms with van der Waals surface area (Å²) in [5, 5.41) is 3.03. The molecule has 3 unspecified atom stereocenters. The molecule has 2 N–H and O–H groups in total. The number of ether oxygens (including phenoxy) is 1. The number of hydrogen-bond donors (Lipinski definition) is 2. The molecule has 466 valence electrons. The molecule has 1 amide bonds. The van der Waals surface area contributed by atoms with Crippen LogP contribution in [0.1, 0.15) is 310 Å². The lowest BCUT2D eigenvalue weighted by molar-refractivity contribution is -0.870. The van der Waals surface area contributed by atoms with Crippen molar-refractivity contribution in [3.8, 4) is 0 Å². The van der Waals surface area contributed by atoms with Crippen LogP contribution in [0, 0.1) is 0 Å². The molecular weight excluding hydrogens is 1010 g/mol. The number of amides is 1. The Morgan fingerprint density at radius 2 is 0.775 bits per heavy atom. The van der Waals surface area contributed by atoms with Gasteiger partial charge in [-0.25, -0.2) is 4.57 Å². The predicted octanol–water partition coefficient (Wildman–Crippen LogP) is 21.2. The van der Waals surface area contributed by atoms with E-state index in [1.54, 1.807) is 0 Å². The summed E-state index contributed by atoms with van der Waals surface area (Å²) in [6.45, 7) is 6.96. The first-order valence-electron chi connectivity index (χ1n) is 33.8. The van der Waals surface area contributed by atoms with Crippen LogP contribution in [0.25, 0.3) is 0 Å². The van der Waals surface area contributed by atoms with Crippen LogP contribution in [-0.4, -0.2) is 74.3 Å². The van der Waals surface area contributed by atoms with Gasteiger partial charge in [0.1, 0.15) is 19.3 Å². The predicted molar refractivity (Wildman–Crippen MR) is 346 cm³/mol. The fourth-order valence-electron chi connectivity index (χ4n) is 9.63. The highest BCUT2D eigenvalue weighted by atomic mass is 31.2. The molecule has 80 heavy (non-hydrogen) atoms. The van der Waals surface area contributed by atoms with Crippen LogP contribution in [0.15, 0.2) is 72.9 Å². The summed E-state index contributed by atoms with van der Waals surface area (Å²) in [6.07, 6.45) is 77.8.